The number of nitrogens with one attached hydrogen (secondary N) is 3. The van der Waals surface area contributed by atoms with Gasteiger partial charge in [-0.3, -0.25) is 24.0 Å². The molecule has 3 fully saturated rings. The van der Waals surface area contributed by atoms with Gasteiger partial charge in [-0.1, -0.05) is 76.2 Å². The first-order valence-corrected chi connectivity index (χ1v) is 18.5. The number of ketones is 1. The largest absolute Gasteiger partial charge is 0.494 e. The highest BCUT2D eigenvalue weighted by Crippen LogP contribution is 2.42. The summed E-state index contributed by atoms with van der Waals surface area (Å²) in [7, 11) is 1.52. The van der Waals surface area contributed by atoms with Crippen molar-refractivity contribution in [2.45, 2.75) is 135 Å². The highest BCUT2D eigenvalue weighted by Gasteiger charge is 2.56. The Balaban J connectivity index is 1.40. The van der Waals surface area contributed by atoms with Crippen LogP contribution in [0.2, 0.25) is 5.02 Å². The molecule has 12 nitrogen and oxygen atoms in total. The third-order valence-corrected chi connectivity index (χ3v) is 10.6. The lowest BCUT2D eigenvalue weighted by atomic mass is 9.84. The Labute approximate surface area is 299 Å². The minimum absolute atomic E-state index is 0.0123. The molecule has 0 radical (unpaired) electrons. The van der Waals surface area contributed by atoms with Crippen molar-refractivity contribution in [2.75, 3.05) is 13.7 Å². The van der Waals surface area contributed by atoms with E-state index in [9.17, 15) is 24.0 Å². The van der Waals surface area contributed by atoms with E-state index in [0.29, 0.717) is 34.9 Å². The fourth-order valence-electron chi connectivity index (χ4n) is 7.37. The molecule has 4 aliphatic rings. The summed E-state index contributed by atoms with van der Waals surface area (Å²) in [6.45, 7) is 7.52. The normalized spacial score (nSPS) is 23.4. The van der Waals surface area contributed by atoms with Crippen molar-refractivity contribution in [1.29, 1.82) is 0 Å². The second kappa shape index (κ2) is 15.7. The monoisotopic (exact) mass is 713 g/mol. The maximum absolute atomic E-state index is 14.6. The summed E-state index contributed by atoms with van der Waals surface area (Å²) in [6.07, 6.45) is 8.49. The molecule has 0 aromatic heterocycles. The van der Waals surface area contributed by atoms with Crippen LogP contribution in [0.3, 0.4) is 0 Å². The fraction of sp³-hybridized carbons (Fsp3) is 0.676. The highest BCUT2D eigenvalue weighted by atomic mass is 35.5. The summed E-state index contributed by atoms with van der Waals surface area (Å²) in [6, 6.07) is 2.25. The zero-order chi connectivity index (χ0) is 36.2. The number of likely N-dealkylation sites (tertiary alicyclic amines) is 1. The number of carbonyl (C=O) groups excluding carboxylic acids is 5. The van der Waals surface area contributed by atoms with Crippen LogP contribution in [0.25, 0.3) is 0 Å². The molecule has 1 aromatic carbocycles. The lowest BCUT2D eigenvalue weighted by Crippen LogP contribution is -2.59. The van der Waals surface area contributed by atoms with Crippen LogP contribution in [0.4, 0.5) is 0 Å². The van der Waals surface area contributed by atoms with Crippen LogP contribution in [0.15, 0.2) is 23.4 Å². The number of ether oxygens (including phenoxy) is 1. The van der Waals surface area contributed by atoms with Gasteiger partial charge in [0.1, 0.15) is 17.8 Å². The molecule has 0 unspecified atom stereocenters. The molecule has 13 heteroatoms. The first-order chi connectivity index (χ1) is 23.7. The van der Waals surface area contributed by atoms with Crippen molar-refractivity contribution < 1.29 is 33.5 Å². The molecule has 0 bridgehead atoms. The van der Waals surface area contributed by atoms with Crippen molar-refractivity contribution in [2.24, 2.45) is 16.5 Å². The summed E-state index contributed by atoms with van der Waals surface area (Å²) in [5, 5.41) is 13.3. The first-order valence-electron chi connectivity index (χ1n) is 18.1. The van der Waals surface area contributed by atoms with Crippen molar-refractivity contribution in [1.82, 2.24) is 20.9 Å². The molecule has 2 saturated carbocycles. The molecule has 4 amide bonds. The van der Waals surface area contributed by atoms with Crippen LogP contribution in [0, 0.1) is 11.3 Å². The molecular weight excluding hydrogens is 662 g/mol. The second-order valence-electron chi connectivity index (χ2n) is 15.5. The maximum Gasteiger partial charge on any atom is 0.289 e. The molecule has 4 atom stereocenters. The SMILES string of the molecule is CCC[C@H](NC(=O)[C@@H]1C[C@]2(CC(c3cccc(Cl)c3OC)=NO2)CN1C(=O)[C@@H](NC(=O)CC1CCCCC1)C(C)(C)C)C(=O)C(=O)NC1CC1. The van der Waals surface area contributed by atoms with Gasteiger partial charge in [-0.2, -0.15) is 0 Å². The number of amides is 4. The van der Waals surface area contributed by atoms with E-state index in [1.165, 1.54) is 18.4 Å². The van der Waals surface area contributed by atoms with E-state index < -0.39 is 52.6 Å². The Kier molecular flexibility index (Phi) is 11.8. The molecular formula is C37H52ClN5O7. The van der Waals surface area contributed by atoms with Crippen LogP contribution in [0.5, 0.6) is 5.75 Å². The number of rotatable bonds is 13. The van der Waals surface area contributed by atoms with E-state index in [0.717, 1.165) is 38.5 Å². The molecule has 2 aliphatic heterocycles. The smallest absolute Gasteiger partial charge is 0.289 e. The van der Waals surface area contributed by atoms with Gasteiger partial charge in [0.15, 0.2) is 5.60 Å². The Morgan fingerprint density at radius 3 is 2.44 bits per heavy atom. The topological polar surface area (TPSA) is 156 Å². The standard InChI is InChI=1S/C37H52ClN5O7/c1-6-11-26(30(45)34(47)39-23-16-17-23)40-33(46)28-20-37(19-27(42-50-37)24-14-10-15-25(38)31(24)49-5)21-43(28)35(48)32(36(2,3)4)41-29(44)18-22-12-8-7-9-13-22/h10,14-15,22-23,26,28,32H,6-9,11-13,16-21H2,1-5H3,(H,39,47)(H,40,46)(H,41,44)/t26-,28-,32+,37+/m0/s1. The molecule has 1 spiro atoms. The summed E-state index contributed by atoms with van der Waals surface area (Å²) in [5.74, 6) is -1.89. The van der Waals surface area contributed by atoms with Crippen LogP contribution < -0.4 is 20.7 Å². The average molecular weight is 714 g/mol. The van der Waals surface area contributed by atoms with Gasteiger partial charge >= 0.3 is 0 Å². The van der Waals surface area contributed by atoms with E-state index in [1.54, 1.807) is 12.1 Å². The van der Waals surface area contributed by atoms with Gasteiger partial charge in [0.05, 0.1) is 30.4 Å². The second-order valence-corrected chi connectivity index (χ2v) is 15.9. The van der Waals surface area contributed by atoms with Gasteiger partial charge in [0.2, 0.25) is 23.5 Å². The summed E-state index contributed by atoms with van der Waals surface area (Å²) < 4.78 is 5.55. The molecule has 1 saturated heterocycles. The number of halogens is 1. The number of oxime groups is 1. The van der Waals surface area contributed by atoms with E-state index in [4.69, 9.17) is 21.2 Å². The van der Waals surface area contributed by atoms with Crippen LogP contribution >= 0.6 is 11.6 Å². The number of hydrogen-bond acceptors (Lipinski definition) is 8. The molecule has 274 valence electrons. The van der Waals surface area contributed by atoms with E-state index in [-0.39, 0.29) is 43.7 Å². The molecule has 2 aliphatic carbocycles. The van der Waals surface area contributed by atoms with Gasteiger partial charge < -0.3 is 30.4 Å². The van der Waals surface area contributed by atoms with Crippen molar-refractivity contribution in [3.05, 3.63) is 28.8 Å². The van der Waals surface area contributed by atoms with Crippen molar-refractivity contribution in [3.8, 4) is 5.75 Å². The summed E-state index contributed by atoms with van der Waals surface area (Å²) in [5.41, 5.74) is -0.561. The van der Waals surface area contributed by atoms with Crippen molar-refractivity contribution >= 4 is 46.7 Å². The molecule has 1 aromatic rings. The summed E-state index contributed by atoms with van der Waals surface area (Å²) >= 11 is 6.40. The third-order valence-electron chi connectivity index (χ3n) is 10.3. The molecule has 3 N–H and O–H groups in total. The first kappa shape index (κ1) is 37.6. The number of benzene rings is 1. The fourth-order valence-corrected chi connectivity index (χ4v) is 7.62. The minimum atomic E-state index is -1.07. The van der Waals surface area contributed by atoms with Crippen LogP contribution in [-0.4, -0.2) is 83.4 Å². The lowest BCUT2D eigenvalue weighted by Gasteiger charge is -2.36. The average Bonchev–Trinajstić information content (AvgIpc) is 3.67. The Morgan fingerprint density at radius 1 is 1.08 bits per heavy atom. The number of methoxy groups -OCH3 is 1. The van der Waals surface area contributed by atoms with Crippen LogP contribution in [-0.2, 0) is 28.8 Å². The number of Topliss-reactive ketones (excluding diaryl/α,β-unsaturated/α-hetero) is 1. The number of carbonyl (C=O) groups is 5. The van der Waals surface area contributed by atoms with Gasteiger partial charge in [-0.05, 0) is 55.6 Å². The number of hydrogen-bond donors (Lipinski definition) is 3. The van der Waals surface area contributed by atoms with Gasteiger partial charge in [0.25, 0.3) is 5.91 Å². The molecule has 50 heavy (non-hydrogen) atoms. The zero-order valence-electron chi connectivity index (χ0n) is 29.9. The Hall–Kier alpha value is -3.67. The van der Waals surface area contributed by atoms with E-state index in [2.05, 4.69) is 21.1 Å². The number of para-hydroxylation sites is 1. The Bertz CT molecular complexity index is 1500. The highest BCUT2D eigenvalue weighted by molar-refractivity contribution is 6.38. The van der Waals surface area contributed by atoms with E-state index in [1.807, 2.05) is 33.8 Å². The van der Waals surface area contributed by atoms with Gasteiger partial charge in [-0.15, -0.1) is 0 Å². The van der Waals surface area contributed by atoms with Gasteiger partial charge in [0, 0.05) is 30.9 Å². The third kappa shape index (κ3) is 8.79. The van der Waals surface area contributed by atoms with Crippen molar-refractivity contribution in [3.63, 3.8) is 0 Å². The maximum atomic E-state index is 14.6. The van der Waals surface area contributed by atoms with E-state index >= 15 is 0 Å². The summed E-state index contributed by atoms with van der Waals surface area (Å²) in [4.78, 5) is 75.7. The minimum Gasteiger partial charge on any atom is -0.494 e. The Morgan fingerprint density at radius 2 is 1.80 bits per heavy atom. The van der Waals surface area contributed by atoms with Crippen LogP contribution in [0.1, 0.15) is 110 Å². The number of nitrogens with zero attached hydrogens (tertiary/aromatic N) is 2. The molecule has 5 rings (SSSR count). The quantitative estimate of drug-likeness (QED) is 0.255. The zero-order valence-corrected chi connectivity index (χ0v) is 30.7. The molecule has 2 heterocycles. The van der Waals surface area contributed by atoms with Gasteiger partial charge in [-0.25, -0.2) is 0 Å². The predicted molar refractivity (Wildman–Crippen MR) is 189 cm³/mol. The predicted octanol–water partition coefficient (Wildman–Crippen LogP) is 4.45. The lowest BCUT2D eigenvalue weighted by molar-refractivity contribution is -0.145.